The SMILES string of the molecule is COc1ccccc1N1CCN(C(=O)[C@H]2c3ccccc3C(=O)OC23CCCCC3)CC1. The highest BCUT2D eigenvalue weighted by Gasteiger charge is 2.53. The summed E-state index contributed by atoms with van der Waals surface area (Å²) in [5.74, 6) is 0.232. The number of nitrogens with zero attached hydrogens (tertiary/aromatic N) is 2. The molecule has 32 heavy (non-hydrogen) atoms. The molecule has 0 radical (unpaired) electrons. The van der Waals surface area contributed by atoms with E-state index in [4.69, 9.17) is 9.47 Å². The standard InChI is InChI=1S/C26H30N2O4/c1-31-22-12-6-5-11-21(22)27-15-17-28(18-16-27)24(29)23-19-9-3-4-10-20(19)25(30)32-26(23)13-7-2-8-14-26/h3-6,9-12,23H,2,7-8,13-18H2,1H3/t23-/m1/s1. The molecular formula is C26H30N2O4. The summed E-state index contributed by atoms with van der Waals surface area (Å²) in [6.45, 7) is 2.76. The fourth-order valence-corrected chi connectivity index (χ4v) is 5.66. The summed E-state index contributed by atoms with van der Waals surface area (Å²) in [5.41, 5.74) is 1.72. The molecule has 1 atom stereocenters. The summed E-state index contributed by atoms with van der Waals surface area (Å²) >= 11 is 0. The number of carbonyl (C=O) groups excluding carboxylic acids is 2. The van der Waals surface area contributed by atoms with Gasteiger partial charge in [-0.25, -0.2) is 4.79 Å². The molecular weight excluding hydrogens is 404 g/mol. The minimum absolute atomic E-state index is 0.0894. The van der Waals surface area contributed by atoms with E-state index in [9.17, 15) is 9.59 Å². The molecule has 1 amide bonds. The maximum atomic E-state index is 14.0. The third-order valence-electron chi connectivity index (χ3n) is 7.28. The van der Waals surface area contributed by atoms with Gasteiger partial charge in [0.25, 0.3) is 0 Å². The molecule has 6 heteroatoms. The first kappa shape index (κ1) is 20.9. The van der Waals surface area contributed by atoms with Crippen molar-refractivity contribution in [3.05, 3.63) is 59.7 Å². The number of hydrogen-bond donors (Lipinski definition) is 0. The number of carbonyl (C=O) groups is 2. The second-order valence-electron chi connectivity index (χ2n) is 9.02. The van der Waals surface area contributed by atoms with Crippen LogP contribution in [-0.2, 0) is 9.53 Å². The third kappa shape index (κ3) is 3.51. The molecule has 1 saturated carbocycles. The summed E-state index contributed by atoms with van der Waals surface area (Å²) in [6.07, 6.45) is 4.61. The smallest absolute Gasteiger partial charge is 0.339 e. The minimum atomic E-state index is -0.708. The van der Waals surface area contributed by atoms with Gasteiger partial charge in [0.05, 0.1) is 18.4 Å². The van der Waals surface area contributed by atoms with Gasteiger partial charge in [-0.15, -0.1) is 0 Å². The van der Waals surface area contributed by atoms with Gasteiger partial charge in [-0.05, 0) is 49.4 Å². The Morgan fingerprint density at radius 1 is 0.969 bits per heavy atom. The van der Waals surface area contributed by atoms with Crippen molar-refractivity contribution in [2.24, 2.45) is 0 Å². The molecule has 5 rings (SSSR count). The predicted octanol–water partition coefficient (Wildman–Crippen LogP) is 4.00. The molecule has 2 heterocycles. The van der Waals surface area contributed by atoms with Gasteiger partial charge < -0.3 is 19.3 Å². The molecule has 2 aliphatic heterocycles. The van der Waals surface area contributed by atoms with Crippen LogP contribution in [0.3, 0.4) is 0 Å². The first-order valence-corrected chi connectivity index (χ1v) is 11.6. The van der Waals surface area contributed by atoms with E-state index < -0.39 is 11.5 Å². The average Bonchev–Trinajstić information content (AvgIpc) is 2.84. The molecule has 2 aromatic carbocycles. The normalized spacial score (nSPS) is 22.3. The van der Waals surface area contributed by atoms with Gasteiger partial charge in [0, 0.05) is 26.2 Å². The maximum absolute atomic E-state index is 14.0. The summed E-state index contributed by atoms with van der Waals surface area (Å²) in [5, 5.41) is 0. The lowest BCUT2D eigenvalue weighted by Crippen LogP contribution is -2.56. The fraction of sp³-hybridized carbons (Fsp3) is 0.462. The number of benzene rings is 2. The monoisotopic (exact) mass is 434 g/mol. The second kappa shape index (κ2) is 8.49. The van der Waals surface area contributed by atoms with Crippen LogP contribution in [-0.4, -0.2) is 55.7 Å². The summed E-state index contributed by atoms with van der Waals surface area (Å²) in [6, 6.07) is 15.5. The van der Waals surface area contributed by atoms with Crippen molar-refractivity contribution in [3.63, 3.8) is 0 Å². The molecule has 0 N–H and O–H groups in total. The molecule has 168 valence electrons. The molecule has 0 unspecified atom stereocenters. The summed E-state index contributed by atoms with van der Waals surface area (Å²) in [7, 11) is 1.68. The lowest BCUT2D eigenvalue weighted by Gasteiger charge is -2.47. The van der Waals surface area contributed by atoms with Gasteiger partial charge in [-0.3, -0.25) is 4.79 Å². The molecule has 1 spiro atoms. The highest BCUT2D eigenvalue weighted by molar-refractivity contribution is 5.98. The third-order valence-corrected chi connectivity index (χ3v) is 7.28. The van der Waals surface area contributed by atoms with E-state index in [1.807, 2.05) is 41.3 Å². The summed E-state index contributed by atoms with van der Waals surface area (Å²) in [4.78, 5) is 31.0. The van der Waals surface area contributed by atoms with E-state index in [2.05, 4.69) is 11.0 Å². The minimum Gasteiger partial charge on any atom is -0.495 e. The lowest BCUT2D eigenvalue weighted by atomic mass is 9.69. The van der Waals surface area contributed by atoms with Crippen LogP contribution in [0.2, 0.25) is 0 Å². The number of esters is 1. The van der Waals surface area contributed by atoms with Crippen LogP contribution in [0, 0.1) is 0 Å². The number of piperazine rings is 1. The largest absolute Gasteiger partial charge is 0.495 e. The highest BCUT2D eigenvalue weighted by Crippen LogP contribution is 2.48. The van der Waals surface area contributed by atoms with Crippen LogP contribution < -0.4 is 9.64 Å². The number of para-hydroxylation sites is 2. The topological polar surface area (TPSA) is 59.1 Å². The van der Waals surface area contributed by atoms with Crippen molar-refractivity contribution in [1.29, 1.82) is 0 Å². The zero-order valence-corrected chi connectivity index (χ0v) is 18.6. The quantitative estimate of drug-likeness (QED) is 0.684. The predicted molar refractivity (Wildman–Crippen MR) is 122 cm³/mol. The van der Waals surface area contributed by atoms with Crippen molar-refractivity contribution in [2.45, 2.75) is 43.6 Å². The van der Waals surface area contributed by atoms with E-state index in [-0.39, 0.29) is 11.9 Å². The highest BCUT2D eigenvalue weighted by atomic mass is 16.6. The zero-order valence-electron chi connectivity index (χ0n) is 18.6. The Bertz CT molecular complexity index is 1010. The van der Waals surface area contributed by atoms with Crippen LogP contribution in [0.1, 0.15) is 53.9 Å². The Kier molecular flexibility index (Phi) is 5.53. The van der Waals surface area contributed by atoms with E-state index in [0.717, 1.165) is 62.2 Å². The van der Waals surface area contributed by atoms with Gasteiger partial charge in [0.1, 0.15) is 17.3 Å². The zero-order chi connectivity index (χ0) is 22.1. The molecule has 0 bridgehead atoms. The number of ether oxygens (including phenoxy) is 2. The Balaban J connectivity index is 1.40. The van der Waals surface area contributed by atoms with E-state index >= 15 is 0 Å². The Hall–Kier alpha value is -3.02. The number of rotatable bonds is 3. The van der Waals surface area contributed by atoms with Crippen LogP contribution >= 0.6 is 0 Å². The Morgan fingerprint density at radius 2 is 1.66 bits per heavy atom. The first-order chi connectivity index (χ1) is 15.6. The van der Waals surface area contributed by atoms with Crippen molar-refractivity contribution >= 4 is 17.6 Å². The molecule has 1 aliphatic carbocycles. The molecule has 1 saturated heterocycles. The number of hydrogen-bond acceptors (Lipinski definition) is 5. The van der Waals surface area contributed by atoms with Gasteiger partial charge in [0.2, 0.25) is 5.91 Å². The van der Waals surface area contributed by atoms with Gasteiger partial charge in [-0.2, -0.15) is 0 Å². The number of anilines is 1. The van der Waals surface area contributed by atoms with Crippen molar-refractivity contribution < 1.29 is 19.1 Å². The van der Waals surface area contributed by atoms with Crippen LogP contribution in [0.15, 0.2) is 48.5 Å². The summed E-state index contributed by atoms with van der Waals surface area (Å²) < 4.78 is 11.6. The lowest BCUT2D eigenvalue weighted by molar-refractivity contribution is -0.143. The van der Waals surface area contributed by atoms with Crippen molar-refractivity contribution in [3.8, 4) is 5.75 Å². The molecule has 2 fully saturated rings. The van der Waals surface area contributed by atoms with E-state index in [1.165, 1.54) is 0 Å². The molecule has 6 nitrogen and oxygen atoms in total. The van der Waals surface area contributed by atoms with Gasteiger partial charge >= 0.3 is 5.97 Å². The Morgan fingerprint density at radius 3 is 2.41 bits per heavy atom. The van der Waals surface area contributed by atoms with Gasteiger partial charge in [0.15, 0.2) is 0 Å². The van der Waals surface area contributed by atoms with Crippen molar-refractivity contribution in [2.75, 3.05) is 38.2 Å². The second-order valence-corrected chi connectivity index (χ2v) is 9.02. The number of fused-ring (bicyclic) bond motifs is 1. The van der Waals surface area contributed by atoms with Crippen molar-refractivity contribution in [1.82, 2.24) is 4.90 Å². The molecule has 0 aromatic heterocycles. The Labute approximate surface area is 189 Å². The van der Waals surface area contributed by atoms with E-state index in [1.54, 1.807) is 13.2 Å². The van der Waals surface area contributed by atoms with Crippen LogP contribution in [0.25, 0.3) is 0 Å². The number of methoxy groups -OCH3 is 1. The van der Waals surface area contributed by atoms with Crippen LogP contribution in [0.5, 0.6) is 5.75 Å². The maximum Gasteiger partial charge on any atom is 0.339 e. The van der Waals surface area contributed by atoms with E-state index in [0.29, 0.717) is 18.7 Å². The fourth-order valence-electron chi connectivity index (χ4n) is 5.66. The molecule has 3 aliphatic rings. The van der Waals surface area contributed by atoms with Crippen LogP contribution in [0.4, 0.5) is 5.69 Å². The molecule has 2 aromatic rings. The average molecular weight is 435 g/mol. The first-order valence-electron chi connectivity index (χ1n) is 11.6. The number of amides is 1. The van der Waals surface area contributed by atoms with Gasteiger partial charge in [-0.1, -0.05) is 36.8 Å².